The molecule has 2 aromatic rings. The fourth-order valence-corrected chi connectivity index (χ4v) is 2.10. The molecule has 3 nitrogen and oxygen atoms in total. The molecule has 1 aromatic carbocycles. The van der Waals surface area contributed by atoms with Gasteiger partial charge in [-0.15, -0.1) is 0 Å². The first kappa shape index (κ1) is 13.1. The second-order valence-corrected chi connectivity index (χ2v) is 4.60. The highest BCUT2D eigenvalue weighted by molar-refractivity contribution is 6.31. The maximum atomic E-state index is 13.4. The van der Waals surface area contributed by atoms with Crippen LogP contribution in [0, 0.1) is 5.82 Å². The molecule has 0 saturated carbocycles. The van der Waals surface area contributed by atoms with Crippen LogP contribution in [-0.4, -0.2) is 16.6 Å². The van der Waals surface area contributed by atoms with E-state index in [-0.39, 0.29) is 16.9 Å². The number of hydrogen-bond acceptors (Lipinski definition) is 2. The van der Waals surface area contributed by atoms with Crippen LogP contribution >= 0.6 is 11.6 Å². The molecule has 96 valence electrons. The maximum absolute atomic E-state index is 13.4. The minimum absolute atomic E-state index is 0.0190. The van der Waals surface area contributed by atoms with Crippen LogP contribution in [0.1, 0.15) is 17.3 Å². The third kappa shape index (κ3) is 2.71. The van der Waals surface area contributed by atoms with Crippen LogP contribution in [0.3, 0.4) is 0 Å². The Hall–Kier alpha value is -1.39. The number of nitrogens with zero attached hydrogens (tertiary/aromatic N) is 2. The van der Waals surface area contributed by atoms with Crippen LogP contribution in [0.2, 0.25) is 5.02 Å². The lowest BCUT2D eigenvalue weighted by Gasteiger charge is -2.15. The summed E-state index contributed by atoms with van der Waals surface area (Å²) in [5.41, 5.74) is 1.70. The molecule has 0 radical (unpaired) electrons. The SMILES string of the molecule is CNC(Cc1cccc(F)c1Cl)c1cn(C)cn1. The molecule has 2 rings (SSSR count). The van der Waals surface area contributed by atoms with Gasteiger partial charge in [0.1, 0.15) is 5.82 Å². The third-order valence-corrected chi connectivity index (χ3v) is 3.31. The van der Waals surface area contributed by atoms with Crippen molar-refractivity contribution < 1.29 is 4.39 Å². The molecule has 18 heavy (non-hydrogen) atoms. The van der Waals surface area contributed by atoms with E-state index < -0.39 is 0 Å². The Bertz CT molecular complexity index is 539. The minimum atomic E-state index is -0.384. The van der Waals surface area contributed by atoms with Crippen LogP contribution in [-0.2, 0) is 13.5 Å². The predicted octanol–water partition coefficient (Wildman–Crippen LogP) is 2.72. The van der Waals surface area contributed by atoms with Crippen LogP contribution in [0.4, 0.5) is 4.39 Å². The summed E-state index contributed by atoms with van der Waals surface area (Å²) < 4.78 is 15.2. The number of benzene rings is 1. The Kier molecular flexibility index (Phi) is 3.99. The van der Waals surface area contributed by atoms with Crippen molar-refractivity contribution in [1.82, 2.24) is 14.9 Å². The molecule has 0 aliphatic carbocycles. The normalized spacial score (nSPS) is 12.7. The summed E-state index contributed by atoms with van der Waals surface area (Å²) in [5.74, 6) is -0.384. The zero-order valence-electron chi connectivity index (χ0n) is 10.3. The van der Waals surface area contributed by atoms with Gasteiger partial charge in [-0.05, 0) is 25.1 Å². The standard InChI is InChI=1S/C13H15ClFN3/c1-16-11(12-7-18(2)8-17-12)6-9-4-3-5-10(15)13(9)14/h3-5,7-8,11,16H,6H2,1-2H3. The number of rotatable bonds is 4. The van der Waals surface area contributed by atoms with E-state index in [1.807, 2.05) is 30.9 Å². The zero-order valence-corrected chi connectivity index (χ0v) is 11.1. The van der Waals surface area contributed by atoms with E-state index in [9.17, 15) is 4.39 Å². The van der Waals surface area contributed by atoms with E-state index in [0.29, 0.717) is 6.42 Å². The lowest BCUT2D eigenvalue weighted by atomic mass is 10.0. The van der Waals surface area contributed by atoms with Crippen molar-refractivity contribution in [3.63, 3.8) is 0 Å². The van der Waals surface area contributed by atoms with Crippen molar-refractivity contribution in [2.75, 3.05) is 7.05 Å². The Balaban J connectivity index is 2.23. The van der Waals surface area contributed by atoms with Gasteiger partial charge in [0.15, 0.2) is 0 Å². The van der Waals surface area contributed by atoms with Crippen molar-refractivity contribution in [2.45, 2.75) is 12.5 Å². The van der Waals surface area contributed by atoms with E-state index in [1.165, 1.54) is 6.07 Å². The Morgan fingerprint density at radius 3 is 2.89 bits per heavy atom. The van der Waals surface area contributed by atoms with Crippen LogP contribution in [0.15, 0.2) is 30.7 Å². The van der Waals surface area contributed by atoms with E-state index in [2.05, 4.69) is 10.3 Å². The summed E-state index contributed by atoms with van der Waals surface area (Å²) in [6, 6.07) is 4.88. The van der Waals surface area contributed by atoms with Crippen molar-refractivity contribution in [1.29, 1.82) is 0 Å². The summed E-state index contributed by atoms with van der Waals surface area (Å²) in [5, 5.41) is 3.36. The summed E-state index contributed by atoms with van der Waals surface area (Å²) in [6.07, 6.45) is 4.28. The molecule has 0 aliphatic heterocycles. The average Bonchev–Trinajstić information content (AvgIpc) is 2.78. The van der Waals surface area contributed by atoms with Crippen LogP contribution in [0.5, 0.6) is 0 Å². The van der Waals surface area contributed by atoms with Gasteiger partial charge in [-0.3, -0.25) is 0 Å². The van der Waals surface area contributed by atoms with E-state index in [1.54, 1.807) is 12.4 Å². The highest BCUT2D eigenvalue weighted by atomic mass is 35.5. The molecule has 0 amide bonds. The molecular formula is C13H15ClFN3. The molecule has 0 fully saturated rings. The van der Waals surface area contributed by atoms with Gasteiger partial charge in [0.05, 0.1) is 23.1 Å². The highest BCUT2D eigenvalue weighted by Gasteiger charge is 2.15. The van der Waals surface area contributed by atoms with E-state index in [0.717, 1.165) is 11.3 Å². The van der Waals surface area contributed by atoms with Gasteiger partial charge in [0.2, 0.25) is 0 Å². The van der Waals surface area contributed by atoms with E-state index >= 15 is 0 Å². The molecule has 1 atom stereocenters. The fourth-order valence-electron chi connectivity index (χ4n) is 1.89. The number of nitrogens with one attached hydrogen (secondary N) is 1. The second-order valence-electron chi connectivity index (χ2n) is 4.22. The Labute approximate surface area is 111 Å². The van der Waals surface area contributed by atoms with Gasteiger partial charge in [0.25, 0.3) is 0 Å². The van der Waals surface area contributed by atoms with Gasteiger partial charge in [-0.2, -0.15) is 0 Å². The average molecular weight is 268 g/mol. The number of hydrogen-bond donors (Lipinski definition) is 1. The largest absolute Gasteiger partial charge is 0.340 e. The number of imidazole rings is 1. The third-order valence-electron chi connectivity index (χ3n) is 2.89. The van der Waals surface area contributed by atoms with Crippen LogP contribution in [0.25, 0.3) is 0 Å². The zero-order chi connectivity index (χ0) is 13.1. The maximum Gasteiger partial charge on any atom is 0.142 e. The molecule has 0 saturated heterocycles. The molecule has 1 N–H and O–H groups in total. The summed E-state index contributed by atoms with van der Waals surface area (Å²) >= 11 is 5.96. The molecule has 1 aromatic heterocycles. The van der Waals surface area contributed by atoms with Crippen molar-refractivity contribution in [3.8, 4) is 0 Å². The Morgan fingerprint density at radius 1 is 1.50 bits per heavy atom. The topological polar surface area (TPSA) is 29.9 Å². The second kappa shape index (κ2) is 5.50. The van der Waals surface area contributed by atoms with Gasteiger partial charge >= 0.3 is 0 Å². The molecular weight excluding hydrogens is 253 g/mol. The number of aromatic nitrogens is 2. The summed E-state index contributed by atoms with van der Waals surface area (Å²) in [6.45, 7) is 0. The molecule has 0 aliphatic rings. The van der Waals surface area contributed by atoms with Crippen LogP contribution < -0.4 is 5.32 Å². The first-order valence-electron chi connectivity index (χ1n) is 5.70. The van der Waals surface area contributed by atoms with Gasteiger partial charge in [-0.1, -0.05) is 23.7 Å². The van der Waals surface area contributed by atoms with Gasteiger partial charge in [-0.25, -0.2) is 9.37 Å². The fraction of sp³-hybridized carbons (Fsp3) is 0.308. The van der Waals surface area contributed by atoms with Crippen molar-refractivity contribution >= 4 is 11.6 Å². The summed E-state index contributed by atoms with van der Waals surface area (Å²) in [4.78, 5) is 4.30. The molecule has 1 heterocycles. The predicted molar refractivity (Wildman–Crippen MR) is 70.1 cm³/mol. The molecule has 1 unspecified atom stereocenters. The van der Waals surface area contributed by atoms with Crippen molar-refractivity contribution in [2.24, 2.45) is 7.05 Å². The Morgan fingerprint density at radius 2 is 2.28 bits per heavy atom. The van der Waals surface area contributed by atoms with Gasteiger partial charge < -0.3 is 9.88 Å². The molecule has 5 heteroatoms. The lowest BCUT2D eigenvalue weighted by molar-refractivity contribution is 0.572. The van der Waals surface area contributed by atoms with Crippen molar-refractivity contribution in [3.05, 3.63) is 52.8 Å². The smallest absolute Gasteiger partial charge is 0.142 e. The summed E-state index contributed by atoms with van der Waals surface area (Å²) in [7, 11) is 3.77. The number of aryl methyl sites for hydroxylation is 1. The van der Waals surface area contributed by atoms with Gasteiger partial charge in [0, 0.05) is 13.2 Å². The molecule has 0 bridgehead atoms. The van der Waals surface area contributed by atoms with E-state index in [4.69, 9.17) is 11.6 Å². The lowest BCUT2D eigenvalue weighted by Crippen LogP contribution is -2.19. The molecule has 0 spiro atoms. The quantitative estimate of drug-likeness (QED) is 0.923. The number of halogens is 2. The number of likely N-dealkylation sites (N-methyl/N-ethyl adjacent to an activating group) is 1. The highest BCUT2D eigenvalue weighted by Crippen LogP contribution is 2.24. The first-order valence-corrected chi connectivity index (χ1v) is 6.07. The monoisotopic (exact) mass is 267 g/mol. The first-order chi connectivity index (χ1) is 8.61. The minimum Gasteiger partial charge on any atom is -0.340 e.